The number of urea groups is 1. The second-order valence-corrected chi connectivity index (χ2v) is 5.97. The Kier molecular flexibility index (Phi) is 4.80. The summed E-state index contributed by atoms with van der Waals surface area (Å²) in [5.74, 6) is 1.25. The van der Waals surface area contributed by atoms with Crippen LogP contribution in [0.5, 0.6) is 5.88 Å². The summed E-state index contributed by atoms with van der Waals surface area (Å²) >= 11 is 0. The smallest absolute Gasteiger partial charge is 0.320 e. The highest BCUT2D eigenvalue weighted by atomic mass is 16.5. The van der Waals surface area contributed by atoms with Crippen molar-refractivity contribution in [3.8, 4) is 5.88 Å². The van der Waals surface area contributed by atoms with Crippen molar-refractivity contribution in [2.45, 2.75) is 12.5 Å². The zero-order valence-electron chi connectivity index (χ0n) is 13.6. The average Bonchev–Trinajstić information content (AvgIpc) is 3.03. The van der Waals surface area contributed by atoms with E-state index in [1.807, 2.05) is 28.8 Å². The molecule has 2 aliphatic heterocycles. The Morgan fingerprint density at radius 3 is 2.78 bits per heavy atom. The Labute approximate surface area is 136 Å². The molecule has 1 unspecified atom stereocenters. The number of morpholine rings is 1. The second kappa shape index (κ2) is 6.99. The quantitative estimate of drug-likeness (QED) is 0.805. The fraction of sp³-hybridized carbons (Fsp3) is 0.667. The lowest BCUT2D eigenvalue weighted by molar-refractivity contribution is 0.0443. The highest BCUT2D eigenvalue weighted by Gasteiger charge is 2.31. The zero-order valence-corrected chi connectivity index (χ0v) is 13.6. The summed E-state index contributed by atoms with van der Waals surface area (Å²) in [6, 6.07) is 0.0764. The summed E-state index contributed by atoms with van der Waals surface area (Å²) in [5, 5.41) is 0. The monoisotopic (exact) mass is 321 g/mol. The maximum atomic E-state index is 12.4. The lowest BCUT2D eigenvalue weighted by atomic mass is 10.3. The molecular weight excluding hydrogens is 298 g/mol. The summed E-state index contributed by atoms with van der Waals surface area (Å²) in [6.07, 6.45) is 4.07. The third kappa shape index (κ3) is 3.82. The molecule has 0 bridgehead atoms. The Hall–Kier alpha value is -2.09. The molecule has 1 aromatic heterocycles. The van der Waals surface area contributed by atoms with Crippen molar-refractivity contribution >= 4 is 11.8 Å². The maximum Gasteiger partial charge on any atom is 0.320 e. The van der Waals surface area contributed by atoms with Crippen molar-refractivity contribution in [2.24, 2.45) is 0 Å². The minimum Gasteiger partial charge on any atom is -0.471 e. The SMILES string of the molecule is CN(C)c1cncc(OC2CCN(C(=O)N3CCOCC3)C2)n1. The zero-order chi connectivity index (χ0) is 16.2. The fourth-order valence-electron chi connectivity index (χ4n) is 2.73. The lowest BCUT2D eigenvalue weighted by Crippen LogP contribution is -2.47. The van der Waals surface area contributed by atoms with Crippen LogP contribution in [0.3, 0.4) is 0 Å². The van der Waals surface area contributed by atoms with Crippen molar-refractivity contribution < 1.29 is 14.3 Å². The Bertz CT molecular complexity index is 548. The van der Waals surface area contributed by atoms with Crippen molar-refractivity contribution in [1.29, 1.82) is 0 Å². The molecule has 126 valence electrons. The maximum absolute atomic E-state index is 12.4. The van der Waals surface area contributed by atoms with Gasteiger partial charge in [0.2, 0.25) is 5.88 Å². The van der Waals surface area contributed by atoms with Gasteiger partial charge in [-0.25, -0.2) is 4.79 Å². The Morgan fingerprint density at radius 1 is 1.26 bits per heavy atom. The summed E-state index contributed by atoms with van der Waals surface area (Å²) in [4.78, 5) is 26.6. The van der Waals surface area contributed by atoms with Gasteiger partial charge in [0.05, 0.1) is 32.2 Å². The van der Waals surface area contributed by atoms with Gasteiger partial charge in [-0.3, -0.25) is 4.98 Å². The molecule has 2 aliphatic rings. The van der Waals surface area contributed by atoms with Crippen molar-refractivity contribution in [2.75, 3.05) is 58.4 Å². The molecule has 0 aliphatic carbocycles. The molecule has 0 saturated carbocycles. The fourth-order valence-corrected chi connectivity index (χ4v) is 2.73. The van der Waals surface area contributed by atoms with E-state index in [2.05, 4.69) is 9.97 Å². The van der Waals surface area contributed by atoms with E-state index in [9.17, 15) is 4.79 Å². The molecule has 2 fully saturated rings. The third-order valence-electron chi connectivity index (χ3n) is 4.04. The van der Waals surface area contributed by atoms with Gasteiger partial charge in [0.15, 0.2) is 5.82 Å². The van der Waals surface area contributed by atoms with E-state index in [-0.39, 0.29) is 12.1 Å². The number of hydrogen-bond donors (Lipinski definition) is 0. The molecule has 8 heteroatoms. The first-order chi connectivity index (χ1) is 11.1. The Morgan fingerprint density at radius 2 is 2.04 bits per heavy atom. The minimum atomic E-state index is -0.0355. The van der Waals surface area contributed by atoms with Crippen molar-refractivity contribution in [1.82, 2.24) is 19.8 Å². The number of hydrogen-bond acceptors (Lipinski definition) is 6. The molecule has 0 aromatic carbocycles. The lowest BCUT2D eigenvalue weighted by Gasteiger charge is -2.30. The summed E-state index contributed by atoms with van der Waals surface area (Å²) < 4.78 is 11.2. The van der Waals surface area contributed by atoms with E-state index < -0.39 is 0 Å². The number of nitrogens with zero attached hydrogens (tertiary/aromatic N) is 5. The number of ether oxygens (including phenoxy) is 2. The largest absolute Gasteiger partial charge is 0.471 e. The van der Waals surface area contributed by atoms with Crippen LogP contribution in [0.1, 0.15) is 6.42 Å². The highest BCUT2D eigenvalue weighted by Crippen LogP contribution is 2.19. The number of carbonyl (C=O) groups is 1. The van der Waals surface area contributed by atoms with E-state index in [0.717, 1.165) is 12.2 Å². The van der Waals surface area contributed by atoms with Crippen molar-refractivity contribution in [3.05, 3.63) is 12.4 Å². The van der Waals surface area contributed by atoms with Crippen LogP contribution in [0.25, 0.3) is 0 Å². The van der Waals surface area contributed by atoms with Gasteiger partial charge in [0.1, 0.15) is 6.10 Å². The van der Waals surface area contributed by atoms with Gasteiger partial charge in [0, 0.05) is 40.2 Å². The van der Waals surface area contributed by atoms with E-state index in [4.69, 9.17) is 9.47 Å². The first-order valence-corrected chi connectivity index (χ1v) is 7.91. The molecule has 0 spiro atoms. The molecule has 1 atom stereocenters. The molecule has 3 rings (SSSR count). The van der Waals surface area contributed by atoms with Gasteiger partial charge in [-0.1, -0.05) is 0 Å². The summed E-state index contributed by atoms with van der Waals surface area (Å²) in [5.41, 5.74) is 0. The van der Waals surface area contributed by atoms with Crippen LogP contribution in [0.2, 0.25) is 0 Å². The molecular formula is C15H23N5O3. The molecule has 1 aromatic rings. The Balaban J connectivity index is 1.55. The third-order valence-corrected chi connectivity index (χ3v) is 4.04. The van der Waals surface area contributed by atoms with E-state index in [1.165, 1.54) is 0 Å². The number of carbonyl (C=O) groups excluding carboxylic acids is 1. The molecule has 0 radical (unpaired) electrons. The normalized spacial score (nSPS) is 21.4. The van der Waals surface area contributed by atoms with Crippen LogP contribution in [-0.4, -0.2) is 85.4 Å². The second-order valence-electron chi connectivity index (χ2n) is 5.97. The summed E-state index contributed by atoms with van der Waals surface area (Å²) in [7, 11) is 3.82. The van der Waals surface area contributed by atoms with Crippen LogP contribution in [0, 0.1) is 0 Å². The molecule has 8 nitrogen and oxygen atoms in total. The van der Waals surface area contributed by atoms with Crippen LogP contribution in [0.15, 0.2) is 12.4 Å². The van der Waals surface area contributed by atoms with Gasteiger partial charge >= 0.3 is 6.03 Å². The van der Waals surface area contributed by atoms with Crippen LogP contribution in [0.4, 0.5) is 10.6 Å². The molecule has 23 heavy (non-hydrogen) atoms. The van der Waals surface area contributed by atoms with Crippen LogP contribution in [-0.2, 0) is 4.74 Å². The van der Waals surface area contributed by atoms with Gasteiger partial charge < -0.3 is 24.2 Å². The molecule has 2 amide bonds. The molecule has 2 saturated heterocycles. The average molecular weight is 321 g/mol. The van der Waals surface area contributed by atoms with E-state index >= 15 is 0 Å². The van der Waals surface area contributed by atoms with Crippen LogP contribution >= 0.6 is 0 Å². The van der Waals surface area contributed by atoms with Crippen LogP contribution < -0.4 is 9.64 Å². The highest BCUT2D eigenvalue weighted by molar-refractivity contribution is 5.75. The van der Waals surface area contributed by atoms with Gasteiger partial charge in [-0.05, 0) is 0 Å². The number of amides is 2. The molecule has 0 N–H and O–H groups in total. The number of rotatable bonds is 3. The first kappa shape index (κ1) is 15.8. The first-order valence-electron chi connectivity index (χ1n) is 7.91. The van der Waals surface area contributed by atoms with E-state index in [0.29, 0.717) is 45.3 Å². The molecule has 3 heterocycles. The van der Waals surface area contributed by atoms with Gasteiger partial charge in [-0.15, -0.1) is 0 Å². The number of aromatic nitrogens is 2. The minimum absolute atomic E-state index is 0.0355. The number of anilines is 1. The van der Waals surface area contributed by atoms with Gasteiger partial charge in [0.25, 0.3) is 0 Å². The van der Waals surface area contributed by atoms with E-state index in [1.54, 1.807) is 12.4 Å². The van der Waals surface area contributed by atoms with Gasteiger partial charge in [-0.2, -0.15) is 4.98 Å². The summed E-state index contributed by atoms with van der Waals surface area (Å²) in [6.45, 7) is 3.86. The topological polar surface area (TPSA) is 71.0 Å². The predicted molar refractivity (Wildman–Crippen MR) is 84.8 cm³/mol. The number of likely N-dealkylation sites (tertiary alicyclic amines) is 1. The van der Waals surface area contributed by atoms with Crippen molar-refractivity contribution in [3.63, 3.8) is 0 Å². The standard InChI is InChI=1S/C15H23N5O3/c1-18(2)13-9-16-10-14(17-13)23-12-3-4-20(11-12)15(21)19-5-7-22-8-6-19/h9-10,12H,3-8,11H2,1-2H3. The predicted octanol–water partition coefficient (Wildman–Crippen LogP) is 0.448.